The Balaban J connectivity index is 3.44. The SMILES string of the molecule is COc1c(C)c(Cl)cc(C(CN)C(=O)O)c1O. The number of carbonyl (C=O) groups is 1. The Kier molecular flexibility index (Phi) is 4.20. The van der Waals surface area contributed by atoms with E-state index in [2.05, 4.69) is 0 Å². The number of phenolic OH excluding ortho intramolecular Hbond substituents is 1. The standard InChI is InChI=1S/C11H14ClNO4/c1-5-8(12)3-6(7(4-13)11(15)16)9(14)10(5)17-2/h3,7,14H,4,13H2,1-2H3,(H,15,16). The van der Waals surface area contributed by atoms with Crippen LogP contribution in [0.3, 0.4) is 0 Å². The molecule has 0 bridgehead atoms. The van der Waals surface area contributed by atoms with Gasteiger partial charge in [-0.1, -0.05) is 11.6 Å². The zero-order valence-electron chi connectivity index (χ0n) is 9.53. The van der Waals surface area contributed by atoms with Gasteiger partial charge in [-0.05, 0) is 13.0 Å². The van der Waals surface area contributed by atoms with Crippen molar-refractivity contribution < 1.29 is 19.7 Å². The van der Waals surface area contributed by atoms with Crippen LogP contribution < -0.4 is 10.5 Å². The van der Waals surface area contributed by atoms with Crippen LogP contribution in [-0.4, -0.2) is 29.8 Å². The second kappa shape index (κ2) is 5.25. The van der Waals surface area contributed by atoms with Gasteiger partial charge < -0.3 is 20.7 Å². The van der Waals surface area contributed by atoms with Crippen molar-refractivity contribution in [3.05, 3.63) is 22.2 Å². The number of hydrogen-bond acceptors (Lipinski definition) is 4. The van der Waals surface area contributed by atoms with E-state index in [0.29, 0.717) is 10.6 Å². The van der Waals surface area contributed by atoms with Crippen LogP contribution >= 0.6 is 11.6 Å². The van der Waals surface area contributed by atoms with Gasteiger partial charge in [0.25, 0.3) is 0 Å². The number of hydrogen-bond donors (Lipinski definition) is 3. The molecule has 5 nitrogen and oxygen atoms in total. The summed E-state index contributed by atoms with van der Waals surface area (Å²) in [5.74, 6) is -2.19. The van der Waals surface area contributed by atoms with Crippen molar-refractivity contribution in [2.75, 3.05) is 13.7 Å². The summed E-state index contributed by atoms with van der Waals surface area (Å²) in [5.41, 5.74) is 6.09. The minimum Gasteiger partial charge on any atom is -0.504 e. The summed E-state index contributed by atoms with van der Waals surface area (Å²) in [6.07, 6.45) is 0. The number of aliphatic carboxylic acids is 1. The number of carboxylic acid groups (broad SMARTS) is 1. The molecule has 0 amide bonds. The molecule has 0 aromatic heterocycles. The Morgan fingerprint density at radius 1 is 1.65 bits per heavy atom. The van der Waals surface area contributed by atoms with E-state index in [1.54, 1.807) is 6.92 Å². The maximum Gasteiger partial charge on any atom is 0.312 e. The van der Waals surface area contributed by atoms with Crippen molar-refractivity contribution in [3.8, 4) is 11.5 Å². The van der Waals surface area contributed by atoms with Gasteiger partial charge in [-0.3, -0.25) is 4.79 Å². The van der Waals surface area contributed by atoms with E-state index >= 15 is 0 Å². The lowest BCUT2D eigenvalue weighted by Gasteiger charge is -2.17. The number of ether oxygens (including phenoxy) is 1. The van der Waals surface area contributed by atoms with Crippen LogP contribution in [0.2, 0.25) is 5.02 Å². The molecule has 0 saturated carbocycles. The van der Waals surface area contributed by atoms with Crippen molar-refractivity contribution in [2.24, 2.45) is 5.73 Å². The van der Waals surface area contributed by atoms with E-state index in [4.69, 9.17) is 27.2 Å². The second-order valence-corrected chi connectivity index (χ2v) is 3.99. The molecule has 0 radical (unpaired) electrons. The van der Waals surface area contributed by atoms with Gasteiger partial charge in [0, 0.05) is 22.7 Å². The van der Waals surface area contributed by atoms with Gasteiger partial charge in [0.05, 0.1) is 13.0 Å². The fourth-order valence-corrected chi connectivity index (χ4v) is 1.81. The highest BCUT2D eigenvalue weighted by Gasteiger charge is 2.25. The first kappa shape index (κ1) is 13.6. The Morgan fingerprint density at radius 2 is 2.24 bits per heavy atom. The van der Waals surface area contributed by atoms with Crippen LogP contribution in [0.5, 0.6) is 11.5 Å². The Morgan fingerprint density at radius 3 is 2.65 bits per heavy atom. The van der Waals surface area contributed by atoms with Gasteiger partial charge in [0.15, 0.2) is 11.5 Å². The third-order valence-corrected chi connectivity index (χ3v) is 2.98. The molecule has 6 heteroatoms. The van der Waals surface area contributed by atoms with Gasteiger partial charge in [-0.25, -0.2) is 0 Å². The molecule has 1 unspecified atom stereocenters. The number of methoxy groups -OCH3 is 1. The number of halogens is 1. The number of benzene rings is 1. The molecule has 0 heterocycles. The fraction of sp³-hybridized carbons (Fsp3) is 0.364. The van der Waals surface area contributed by atoms with E-state index in [-0.39, 0.29) is 23.6 Å². The molecule has 0 aliphatic heterocycles. The molecule has 1 atom stereocenters. The van der Waals surface area contributed by atoms with Crippen LogP contribution in [0.4, 0.5) is 0 Å². The Labute approximate surface area is 104 Å². The smallest absolute Gasteiger partial charge is 0.312 e. The van der Waals surface area contributed by atoms with E-state index in [1.165, 1.54) is 13.2 Å². The maximum absolute atomic E-state index is 11.0. The monoisotopic (exact) mass is 259 g/mol. The summed E-state index contributed by atoms with van der Waals surface area (Å²) >= 11 is 5.95. The number of aromatic hydroxyl groups is 1. The highest BCUT2D eigenvalue weighted by Crippen LogP contribution is 2.40. The molecule has 0 aliphatic rings. The normalized spacial score (nSPS) is 12.2. The lowest BCUT2D eigenvalue weighted by molar-refractivity contribution is -0.138. The lowest BCUT2D eigenvalue weighted by atomic mass is 9.96. The number of rotatable bonds is 4. The summed E-state index contributed by atoms with van der Waals surface area (Å²) in [7, 11) is 1.38. The topological polar surface area (TPSA) is 92.8 Å². The lowest BCUT2D eigenvalue weighted by Crippen LogP contribution is -2.21. The summed E-state index contributed by atoms with van der Waals surface area (Å²) in [4.78, 5) is 11.0. The van der Waals surface area contributed by atoms with Crippen LogP contribution in [0.15, 0.2) is 6.07 Å². The molecule has 17 heavy (non-hydrogen) atoms. The molecule has 1 rings (SSSR count). The van der Waals surface area contributed by atoms with E-state index in [9.17, 15) is 9.90 Å². The average molecular weight is 260 g/mol. The predicted octanol–water partition coefficient (Wildman–Crippen LogP) is 1.49. The molecule has 0 spiro atoms. The minimum atomic E-state index is -1.12. The Bertz CT molecular complexity index is 448. The zero-order chi connectivity index (χ0) is 13.2. The molecule has 1 aromatic carbocycles. The Hall–Kier alpha value is -1.46. The number of nitrogens with two attached hydrogens (primary N) is 1. The van der Waals surface area contributed by atoms with Crippen LogP contribution in [0.1, 0.15) is 17.0 Å². The van der Waals surface area contributed by atoms with Gasteiger partial charge in [0.2, 0.25) is 0 Å². The largest absolute Gasteiger partial charge is 0.504 e. The van der Waals surface area contributed by atoms with Crippen molar-refractivity contribution >= 4 is 17.6 Å². The van der Waals surface area contributed by atoms with E-state index < -0.39 is 11.9 Å². The third kappa shape index (κ3) is 2.45. The zero-order valence-corrected chi connectivity index (χ0v) is 10.3. The fourth-order valence-electron chi connectivity index (χ4n) is 1.61. The summed E-state index contributed by atoms with van der Waals surface area (Å²) in [6.45, 7) is 1.54. The number of phenols is 1. The molecule has 94 valence electrons. The van der Waals surface area contributed by atoms with Gasteiger partial charge in [-0.2, -0.15) is 0 Å². The van der Waals surface area contributed by atoms with E-state index in [1.807, 2.05) is 0 Å². The molecule has 1 aromatic rings. The molecule has 0 fully saturated rings. The summed E-state index contributed by atoms with van der Waals surface area (Å²) in [5, 5.41) is 19.3. The van der Waals surface area contributed by atoms with Crippen molar-refractivity contribution in [2.45, 2.75) is 12.8 Å². The van der Waals surface area contributed by atoms with Gasteiger partial charge in [-0.15, -0.1) is 0 Å². The highest BCUT2D eigenvalue weighted by molar-refractivity contribution is 6.31. The van der Waals surface area contributed by atoms with E-state index in [0.717, 1.165) is 0 Å². The van der Waals surface area contributed by atoms with Crippen molar-refractivity contribution in [3.63, 3.8) is 0 Å². The van der Waals surface area contributed by atoms with Crippen LogP contribution in [0, 0.1) is 6.92 Å². The highest BCUT2D eigenvalue weighted by atomic mass is 35.5. The minimum absolute atomic E-state index is 0.133. The molecule has 0 aliphatic carbocycles. The summed E-state index contributed by atoms with van der Waals surface area (Å²) < 4.78 is 5.00. The van der Waals surface area contributed by atoms with Crippen molar-refractivity contribution in [1.29, 1.82) is 0 Å². The quantitative estimate of drug-likeness (QED) is 0.762. The van der Waals surface area contributed by atoms with Gasteiger partial charge >= 0.3 is 5.97 Å². The first-order valence-corrected chi connectivity index (χ1v) is 5.30. The first-order valence-electron chi connectivity index (χ1n) is 4.92. The summed E-state index contributed by atoms with van der Waals surface area (Å²) in [6, 6.07) is 1.40. The third-order valence-electron chi connectivity index (χ3n) is 2.58. The van der Waals surface area contributed by atoms with Crippen molar-refractivity contribution in [1.82, 2.24) is 0 Å². The van der Waals surface area contributed by atoms with Crippen LogP contribution in [-0.2, 0) is 4.79 Å². The second-order valence-electron chi connectivity index (χ2n) is 3.58. The number of carboxylic acids is 1. The molecular weight excluding hydrogens is 246 g/mol. The molecular formula is C11H14ClNO4. The first-order chi connectivity index (χ1) is 7.93. The predicted molar refractivity (Wildman–Crippen MR) is 63.8 cm³/mol. The molecule has 0 saturated heterocycles. The average Bonchev–Trinajstić information content (AvgIpc) is 2.26. The van der Waals surface area contributed by atoms with Crippen LogP contribution in [0.25, 0.3) is 0 Å². The maximum atomic E-state index is 11.0. The van der Waals surface area contributed by atoms with Gasteiger partial charge in [0.1, 0.15) is 0 Å². The molecule has 4 N–H and O–H groups in total.